The molecule has 2 rings (SSSR count). The zero-order valence-electron chi connectivity index (χ0n) is 5.28. The smallest absolute Gasteiger partial charge is 0.276 e. The molecule has 0 amide bonds. The number of rotatable bonds is 0. The van der Waals surface area contributed by atoms with Gasteiger partial charge in [-0.25, -0.2) is 9.50 Å². The maximum atomic E-state index is 11.0. The van der Waals surface area contributed by atoms with Crippen LogP contribution in [0.5, 0.6) is 0 Å². The lowest BCUT2D eigenvalue weighted by atomic mass is 10.6. The first-order valence-corrected chi connectivity index (χ1v) is 3.65. The Balaban J connectivity index is 3.06. The summed E-state index contributed by atoms with van der Waals surface area (Å²) in [5.41, 5.74) is 0.234. The molecule has 0 aliphatic heterocycles. The van der Waals surface area contributed by atoms with E-state index >= 15 is 0 Å². The Kier molecular flexibility index (Phi) is 1.28. The summed E-state index contributed by atoms with van der Waals surface area (Å²) in [5, 5.41) is 3.85. The highest BCUT2D eigenvalue weighted by molar-refractivity contribution is 9.10. The van der Waals surface area contributed by atoms with Crippen molar-refractivity contribution in [3.8, 4) is 0 Å². The van der Waals surface area contributed by atoms with Crippen molar-refractivity contribution >= 4 is 21.4 Å². The predicted molar refractivity (Wildman–Crippen MR) is 41.3 cm³/mol. The fraction of sp³-hybridized carbons (Fsp3) is 0. The van der Waals surface area contributed by atoms with E-state index in [1.807, 2.05) is 0 Å². The number of halogens is 1. The van der Waals surface area contributed by atoms with Gasteiger partial charge in [-0.3, -0.25) is 4.79 Å². The molecular weight excluding hydrogens is 212 g/mol. The van der Waals surface area contributed by atoms with E-state index in [9.17, 15) is 4.79 Å². The molecule has 0 bridgehead atoms. The quantitative estimate of drug-likeness (QED) is 0.681. The van der Waals surface area contributed by atoms with Crippen molar-refractivity contribution in [2.24, 2.45) is 0 Å². The summed E-state index contributed by atoms with van der Waals surface area (Å²) in [6.45, 7) is 0. The number of aromatic nitrogens is 4. The van der Waals surface area contributed by atoms with Crippen LogP contribution in [0.4, 0.5) is 0 Å². The van der Waals surface area contributed by atoms with Gasteiger partial charge in [0.05, 0.1) is 6.20 Å². The minimum absolute atomic E-state index is 0.196. The first-order valence-electron chi connectivity index (χ1n) is 2.86. The van der Waals surface area contributed by atoms with Gasteiger partial charge in [0.25, 0.3) is 5.56 Å². The lowest BCUT2D eigenvalue weighted by molar-refractivity contribution is 0.858. The molecule has 6 heteroatoms. The van der Waals surface area contributed by atoms with Gasteiger partial charge in [-0.15, -0.1) is 0 Å². The van der Waals surface area contributed by atoms with Crippen LogP contribution in [-0.4, -0.2) is 19.6 Å². The van der Waals surface area contributed by atoms with Gasteiger partial charge >= 0.3 is 0 Å². The van der Waals surface area contributed by atoms with E-state index in [2.05, 4.69) is 31.0 Å². The average molecular weight is 215 g/mol. The van der Waals surface area contributed by atoms with Gasteiger partial charge in [-0.2, -0.15) is 5.10 Å². The van der Waals surface area contributed by atoms with Crippen molar-refractivity contribution < 1.29 is 0 Å². The molecular formula is C5H3BrN4O. The Hall–Kier alpha value is -1.17. The third-order valence-electron chi connectivity index (χ3n) is 1.30. The summed E-state index contributed by atoms with van der Waals surface area (Å²) in [4.78, 5) is 17.3. The summed E-state index contributed by atoms with van der Waals surface area (Å²) in [6, 6.07) is 0. The SMILES string of the molecule is O=c1[nH]cnn2c(Br)ncc12. The Morgan fingerprint density at radius 1 is 1.64 bits per heavy atom. The molecule has 0 fully saturated rings. The van der Waals surface area contributed by atoms with Crippen LogP contribution >= 0.6 is 15.9 Å². The van der Waals surface area contributed by atoms with Crippen LogP contribution in [0.15, 0.2) is 22.1 Å². The topological polar surface area (TPSA) is 63.0 Å². The molecule has 1 N–H and O–H groups in total. The zero-order valence-corrected chi connectivity index (χ0v) is 6.87. The van der Waals surface area contributed by atoms with Gasteiger partial charge in [-0.1, -0.05) is 0 Å². The summed E-state index contributed by atoms with van der Waals surface area (Å²) < 4.78 is 1.94. The van der Waals surface area contributed by atoms with Crippen molar-refractivity contribution in [2.75, 3.05) is 0 Å². The van der Waals surface area contributed by atoms with Crippen LogP contribution in [0.1, 0.15) is 0 Å². The maximum absolute atomic E-state index is 11.0. The minimum atomic E-state index is -0.196. The summed E-state index contributed by atoms with van der Waals surface area (Å²) in [5.74, 6) is 0. The summed E-state index contributed by atoms with van der Waals surface area (Å²) in [7, 11) is 0. The van der Waals surface area contributed by atoms with Gasteiger partial charge in [0.15, 0.2) is 10.3 Å². The standard InChI is InChI=1S/C5H3BrN4O/c6-5-7-1-3-4(11)8-2-9-10(3)5/h1-2H,(H,8,9,11). The van der Waals surface area contributed by atoms with Crippen LogP contribution < -0.4 is 5.56 Å². The average Bonchev–Trinajstić information content (AvgIpc) is 2.35. The molecule has 0 unspecified atom stereocenters. The van der Waals surface area contributed by atoms with Crippen LogP contribution in [0.2, 0.25) is 0 Å². The van der Waals surface area contributed by atoms with Gasteiger partial charge in [0.2, 0.25) is 0 Å². The second-order valence-corrected chi connectivity index (χ2v) is 2.65. The molecule has 2 aromatic heterocycles. The molecule has 56 valence electrons. The largest absolute Gasteiger partial charge is 0.310 e. The van der Waals surface area contributed by atoms with Crippen molar-refractivity contribution in [3.05, 3.63) is 27.6 Å². The van der Waals surface area contributed by atoms with E-state index < -0.39 is 0 Å². The van der Waals surface area contributed by atoms with Crippen molar-refractivity contribution in [1.29, 1.82) is 0 Å². The van der Waals surface area contributed by atoms with Crippen LogP contribution in [0, 0.1) is 0 Å². The van der Waals surface area contributed by atoms with E-state index in [0.29, 0.717) is 10.3 Å². The Morgan fingerprint density at radius 3 is 3.18 bits per heavy atom. The van der Waals surface area contributed by atoms with Crippen LogP contribution in [0.3, 0.4) is 0 Å². The molecule has 0 saturated heterocycles. The van der Waals surface area contributed by atoms with Gasteiger partial charge in [-0.05, 0) is 15.9 Å². The lowest BCUT2D eigenvalue weighted by Crippen LogP contribution is -2.09. The zero-order chi connectivity index (χ0) is 7.84. The van der Waals surface area contributed by atoms with Crippen molar-refractivity contribution in [2.45, 2.75) is 0 Å². The van der Waals surface area contributed by atoms with Crippen molar-refractivity contribution in [1.82, 2.24) is 19.6 Å². The molecule has 0 aliphatic carbocycles. The van der Waals surface area contributed by atoms with E-state index in [-0.39, 0.29) is 5.56 Å². The molecule has 2 heterocycles. The normalized spacial score (nSPS) is 10.6. The third-order valence-corrected chi connectivity index (χ3v) is 1.84. The highest BCUT2D eigenvalue weighted by Crippen LogP contribution is 2.04. The van der Waals surface area contributed by atoms with Gasteiger partial charge in [0, 0.05) is 0 Å². The number of hydrogen-bond donors (Lipinski definition) is 1. The summed E-state index contributed by atoms with van der Waals surface area (Å²) >= 11 is 3.14. The number of nitrogens with one attached hydrogen (secondary N) is 1. The number of hydrogen-bond acceptors (Lipinski definition) is 3. The van der Waals surface area contributed by atoms with Crippen molar-refractivity contribution in [3.63, 3.8) is 0 Å². The molecule has 0 spiro atoms. The third kappa shape index (κ3) is 0.864. The molecule has 2 aromatic rings. The van der Waals surface area contributed by atoms with Gasteiger partial charge < -0.3 is 4.98 Å². The number of imidazole rings is 1. The van der Waals surface area contributed by atoms with E-state index in [4.69, 9.17) is 0 Å². The predicted octanol–water partition coefficient (Wildman–Crippen LogP) is 0.180. The Morgan fingerprint density at radius 2 is 2.45 bits per heavy atom. The second-order valence-electron chi connectivity index (χ2n) is 1.94. The molecule has 5 nitrogen and oxygen atoms in total. The highest BCUT2D eigenvalue weighted by atomic mass is 79.9. The lowest BCUT2D eigenvalue weighted by Gasteiger charge is -1.88. The molecule has 0 aliphatic rings. The monoisotopic (exact) mass is 214 g/mol. The first kappa shape index (κ1) is 6.53. The second kappa shape index (κ2) is 2.16. The Bertz CT molecular complexity index is 445. The number of H-pyrrole nitrogens is 1. The Labute approximate surface area is 69.2 Å². The fourth-order valence-corrected chi connectivity index (χ4v) is 1.19. The molecule has 0 aromatic carbocycles. The van der Waals surface area contributed by atoms with Crippen LogP contribution in [-0.2, 0) is 0 Å². The highest BCUT2D eigenvalue weighted by Gasteiger charge is 2.02. The van der Waals surface area contributed by atoms with E-state index in [1.165, 1.54) is 17.0 Å². The first-order chi connectivity index (χ1) is 5.29. The minimum Gasteiger partial charge on any atom is -0.310 e. The fourth-order valence-electron chi connectivity index (χ4n) is 0.807. The number of fused-ring (bicyclic) bond motifs is 1. The van der Waals surface area contributed by atoms with E-state index in [0.717, 1.165) is 0 Å². The molecule has 11 heavy (non-hydrogen) atoms. The molecule has 0 atom stereocenters. The maximum Gasteiger partial charge on any atom is 0.276 e. The molecule has 0 radical (unpaired) electrons. The van der Waals surface area contributed by atoms with Gasteiger partial charge in [0.1, 0.15) is 6.33 Å². The number of aromatic amines is 1. The molecule has 0 saturated carbocycles. The number of nitrogens with zero attached hydrogens (tertiary/aromatic N) is 3. The van der Waals surface area contributed by atoms with E-state index in [1.54, 1.807) is 0 Å². The summed E-state index contributed by atoms with van der Waals surface area (Å²) in [6.07, 6.45) is 2.78. The van der Waals surface area contributed by atoms with Crippen LogP contribution in [0.25, 0.3) is 5.52 Å².